The number of phenolic OH excluding ortho intramolecular Hbond substituents is 1. The summed E-state index contributed by atoms with van der Waals surface area (Å²) < 4.78 is 5.30. The molecule has 1 aliphatic carbocycles. The maximum atomic E-state index is 12.5. The molecule has 4 aromatic carbocycles. The molecule has 0 unspecified atom stereocenters. The molecule has 0 saturated heterocycles. The first-order valence-electron chi connectivity index (χ1n) is 14.9. The van der Waals surface area contributed by atoms with E-state index in [0.717, 1.165) is 28.8 Å². The van der Waals surface area contributed by atoms with Crippen LogP contribution in [0.5, 0.6) is 5.75 Å². The Hall–Kier alpha value is -3.88. The van der Waals surface area contributed by atoms with Crippen LogP contribution in [0.15, 0.2) is 103 Å². The minimum absolute atomic E-state index is 0.0671. The van der Waals surface area contributed by atoms with Gasteiger partial charge in [0.2, 0.25) is 0 Å². The lowest BCUT2D eigenvalue weighted by atomic mass is 9.63. The van der Waals surface area contributed by atoms with Crippen molar-refractivity contribution in [3.63, 3.8) is 0 Å². The van der Waals surface area contributed by atoms with Gasteiger partial charge in [-0.05, 0) is 83.6 Å². The molecular formula is C38H43O4P. The molecular weight excluding hydrogens is 551 g/mol. The van der Waals surface area contributed by atoms with E-state index in [1.807, 2.05) is 67.6 Å². The van der Waals surface area contributed by atoms with Crippen LogP contribution in [0.4, 0.5) is 0 Å². The number of carbonyl (C=O) groups excluding carboxylic acids is 2. The summed E-state index contributed by atoms with van der Waals surface area (Å²) in [6.07, 6.45) is 2.21. The normalized spacial score (nSPS) is 14.8. The maximum Gasteiger partial charge on any atom is 0.331 e. The molecule has 4 nitrogen and oxygen atoms in total. The fourth-order valence-corrected chi connectivity index (χ4v) is 9.54. The summed E-state index contributed by atoms with van der Waals surface area (Å²) in [5.41, 5.74) is 2.97. The summed E-state index contributed by atoms with van der Waals surface area (Å²) in [7, 11) is 0. The van der Waals surface area contributed by atoms with Crippen molar-refractivity contribution in [2.24, 2.45) is 0 Å². The second-order valence-electron chi connectivity index (χ2n) is 12.3. The number of aromatic hydroxyl groups is 1. The van der Waals surface area contributed by atoms with Crippen LogP contribution < -0.4 is 15.9 Å². The number of ether oxygens (including phenoxy) is 1. The first kappa shape index (κ1) is 32.0. The van der Waals surface area contributed by atoms with E-state index in [0.29, 0.717) is 12.2 Å². The smallest absolute Gasteiger partial charge is 0.331 e. The molecule has 0 heterocycles. The van der Waals surface area contributed by atoms with Gasteiger partial charge in [-0.1, -0.05) is 119 Å². The zero-order chi connectivity index (χ0) is 31.3. The van der Waals surface area contributed by atoms with Crippen molar-refractivity contribution >= 4 is 40.3 Å². The van der Waals surface area contributed by atoms with Gasteiger partial charge in [0.15, 0.2) is 5.78 Å². The molecule has 5 rings (SSSR count). The summed E-state index contributed by atoms with van der Waals surface area (Å²) >= 11 is 0. The molecule has 1 aliphatic rings. The lowest BCUT2D eigenvalue weighted by Gasteiger charge is -2.42. The molecule has 1 N–H and O–H groups in total. The van der Waals surface area contributed by atoms with Crippen LogP contribution in [0.25, 0.3) is 0 Å². The molecule has 0 atom stereocenters. The molecule has 5 heteroatoms. The fourth-order valence-electron chi connectivity index (χ4n) is 5.88. The number of hydrogen-bond donors (Lipinski definition) is 1. The number of esters is 1. The molecule has 0 aromatic heterocycles. The average molecular weight is 595 g/mol. The van der Waals surface area contributed by atoms with Gasteiger partial charge in [0.05, 0.1) is 12.2 Å². The van der Waals surface area contributed by atoms with E-state index >= 15 is 0 Å². The number of phenols is 1. The van der Waals surface area contributed by atoms with Crippen molar-refractivity contribution in [1.29, 1.82) is 0 Å². The minimum atomic E-state index is -2.24. The van der Waals surface area contributed by atoms with Crippen LogP contribution >= 0.6 is 6.89 Å². The maximum absolute atomic E-state index is 12.5. The number of ketones is 1. The lowest BCUT2D eigenvalue weighted by Crippen LogP contribution is -2.34. The quantitative estimate of drug-likeness (QED) is 0.145. The number of fused-ring (bicyclic) bond motifs is 1. The van der Waals surface area contributed by atoms with Gasteiger partial charge >= 0.3 is 5.97 Å². The molecule has 0 fully saturated rings. The Morgan fingerprint density at radius 1 is 0.744 bits per heavy atom. The van der Waals surface area contributed by atoms with Gasteiger partial charge < -0.3 is 9.84 Å². The Morgan fingerprint density at radius 2 is 1.14 bits per heavy atom. The van der Waals surface area contributed by atoms with Crippen LogP contribution in [-0.2, 0) is 20.4 Å². The highest BCUT2D eigenvalue weighted by molar-refractivity contribution is 7.95. The van der Waals surface area contributed by atoms with Gasteiger partial charge in [-0.3, -0.25) is 4.79 Å². The molecule has 0 aliphatic heterocycles. The van der Waals surface area contributed by atoms with Crippen molar-refractivity contribution in [2.45, 2.75) is 65.2 Å². The van der Waals surface area contributed by atoms with Gasteiger partial charge in [0, 0.05) is 5.80 Å². The number of benzene rings is 4. The Morgan fingerprint density at radius 3 is 1.51 bits per heavy atom. The molecule has 0 spiro atoms. The monoisotopic (exact) mass is 594 g/mol. The van der Waals surface area contributed by atoms with Crippen LogP contribution in [0.1, 0.15) is 75.9 Å². The zero-order valence-corrected chi connectivity index (χ0v) is 27.0. The molecule has 43 heavy (non-hydrogen) atoms. The number of carbonyl (C=O) groups is 2. The summed E-state index contributed by atoms with van der Waals surface area (Å²) in [5.74, 6) is 1.57. The summed E-state index contributed by atoms with van der Waals surface area (Å²) in [6, 6.07) is 34.4. The van der Waals surface area contributed by atoms with E-state index in [-0.39, 0.29) is 28.3 Å². The molecule has 4 aromatic rings. The van der Waals surface area contributed by atoms with Crippen molar-refractivity contribution in [1.82, 2.24) is 0 Å². The van der Waals surface area contributed by atoms with Crippen molar-refractivity contribution in [3.05, 3.63) is 120 Å². The second kappa shape index (κ2) is 13.2. The van der Waals surface area contributed by atoms with Gasteiger partial charge in [0.1, 0.15) is 5.75 Å². The highest BCUT2D eigenvalue weighted by atomic mass is 31.2. The van der Waals surface area contributed by atoms with Crippen LogP contribution in [-0.4, -0.2) is 29.3 Å². The third kappa shape index (κ3) is 6.86. The van der Waals surface area contributed by atoms with Gasteiger partial charge in [-0.25, -0.2) is 4.79 Å². The highest BCUT2D eigenvalue weighted by Gasteiger charge is 2.38. The first-order valence-corrected chi connectivity index (χ1v) is 16.8. The van der Waals surface area contributed by atoms with Crippen LogP contribution in [0.2, 0.25) is 0 Å². The SMILES string of the molecule is CC(=O)c1cc2c(cc1O)C(C)(C)CCC2(C)C.CCOC(=O)C=P(c1ccccc1)(c1ccccc1)c1ccccc1. The van der Waals surface area contributed by atoms with E-state index < -0.39 is 6.89 Å². The van der Waals surface area contributed by atoms with Crippen LogP contribution in [0, 0.1) is 0 Å². The summed E-state index contributed by atoms with van der Waals surface area (Å²) in [6.45, 7) is 10.3. The van der Waals surface area contributed by atoms with E-state index in [2.05, 4.69) is 64.1 Å². The first-order chi connectivity index (χ1) is 20.4. The highest BCUT2D eigenvalue weighted by Crippen LogP contribution is 2.47. The third-order valence-corrected chi connectivity index (χ3v) is 12.4. The molecule has 224 valence electrons. The Balaban J connectivity index is 0.000000208. The topological polar surface area (TPSA) is 63.6 Å². The standard InChI is InChI=1S/C22H21O2P.C16H22O2/c1-2-24-22(23)18-25(19-12-6-3-7-13-19,20-14-8-4-9-15-20)21-16-10-5-11-17-21;1-10(17)11-8-12-13(9-14(11)18)16(4,5)7-6-15(12,2)3/h3-18H,2H2,1H3;8-9,18H,6-7H2,1-5H3. The van der Waals surface area contributed by atoms with E-state index in [4.69, 9.17) is 4.74 Å². The fraction of sp³-hybridized carbons (Fsp3) is 0.289. The van der Waals surface area contributed by atoms with E-state index in [9.17, 15) is 14.7 Å². The average Bonchev–Trinajstić information content (AvgIpc) is 3.00. The molecule has 0 amide bonds. The Bertz CT molecular complexity index is 1520. The largest absolute Gasteiger partial charge is 0.507 e. The number of Topliss-reactive ketones (excluding diaryl/α,β-unsaturated/α-hetero) is 1. The van der Waals surface area contributed by atoms with Gasteiger partial charge in [-0.2, -0.15) is 0 Å². The van der Waals surface area contributed by atoms with Crippen molar-refractivity contribution < 1.29 is 19.4 Å². The lowest BCUT2D eigenvalue weighted by molar-refractivity contribution is -0.134. The minimum Gasteiger partial charge on any atom is -0.507 e. The van der Waals surface area contributed by atoms with Crippen molar-refractivity contribution in [3.8, 4) is 5.75 Å². The summed E-state index contributed by atoms with van der Waals surface area (Å²) in [4.78, 5) is 24.1. The van der Waals surface area contributed by atoms with Gasteiger partial charge in [-0.15, -0.1) is 0 Å². The Labute approximate surface area is 256 Å². The van der Waals surface area contributed by atoms with Crippen molar-refractivity contribution in [2.75, 3.05) is 6.61 Å². The van der Waals surface area contributed by atoms with Gasteiger partial charge in [0.25, 0.3) is 0 Å². The predicted octanol–water partition coefficient (Wildman–Crippen LogP) is 7.29. The van der Waals surface area contributed by atoms with E-state index in [1.165, 1.54) is 18.1 Å². The molecule has 0 radical (unpaired) electrons. The van der Waals surface area contributed by atoms with Crippen LogP contribution in [0.3, 0.4) is 0 Å². The number of hydrogen-bond acceptors (Lipinski definition) is 4. The van der Waals surface area contributed by atoms with E-state index in [1.54, 1.807) is 11.9 Å². The molecule has 0 saturated carbocycles. The Kier molecular flexibility index (Phi) is 9.82. The molecule has 0 bridgehead atoms. The number of rotatable bonds is 6. The second-order valence-corrected chi connectivity index (χ2v) is 15.6. The zero-order valence-electron chi connectivity index (χ0n) is 26.1. The predicted molar refractivity (Wildman–Crippen MR) is 181 cm³/mol. The third-order valence-electron chi connectivity index (χ3n) is 8.42. The summed E-state index contributed by atoms with van der Waals surface area (Å²) in [5, 5.41) is 13.4.